The number of benzene rings is 3. The highest BCUT2D eigenvalue weighted by molar-refractivity contribution is 5.71. The van der Waals surface area contributed by atoms with Crippen LogP contribution < -0.4 is 14.2 Å². The van der Waals surface area contributed by atoms with Crippen molar-refractivity contribution in [1.82, 2.24) is 0 Å². The first-order chi connectivity index (χ1) is 16.4. The maximum atomic E-state index is 12.2. The predicted molar refractivity (Wildman–Crippen MR) is 126 cm³/mol. The molecule has 2 heterocycles. The lowest BCUT2D eigenvalue weighted by atomic mass is 9.72. The number of carboxylic acid groups (broad SMARTS) is 1. The lowest BCUT2D eigenvalue weighted by Crippen LogP contribution is -2.53. The minimum atomic E-state index is -0.886. The number of hydrogen-bond acceptors (Lipinski definition) is 5. The van der Waals surface area contributed by atoms with Gasteiger partial charge in [0.2, 0.25) is 0 Å². The smallest absolute Gasteiger partial charge is 0.309 e. The minimum Gasteiger partial charge on any atom is -0.491 e. The van der Waals surface area contributed by atoms with Crippen LogP contribution in [0.25, 0.3) is 0 Å². The number of rotatable bonds is 6. The van der Waals surface area contributed by atoms with Gasteiger partial charge in [0.1, 0.15) is 41.3 Å². The second kappa shape index (κ2) is 9.03. The molecule has 6 nitrogen and oxygen atoms in total. The Labute approximate surface area is 199 Å². The molecule has 34 heavy (non-hydrogen) atoms. The van der Waals surface area contributed by atoms with E-state index in [0.29, 0.717) is 17.9 Å². The molecule has 3 aromatic rings. The van der Waals surface area contributed by atoms with Gasteiger partial charge in [-0.1, -0.05) is 36.4 Å². The van der Waals surface area contributed by atoms with Crippen LogP contribution in [0.1, 0.15) is 31.9 Å². The molecule has 0 amide bonds. The second-order valence-electron chi connectivity index (χ2n) is 9.33. The van der Waals surface area contributed by atoms with E-state index in [0.717, 1.165) is 17.1 Å². The summed E-state index contributed by atoms with van der Waals surface area (Å²) in [6, 6.07) is 24.6. The summed E-state index contributed by atoms with van der Waals surface area (Å²) in [5.41, 5.74) is 0.282. The molecule has 2 aliphatic heterocycles. The highest BCUT2D eigenvalue weighted by Gasteiger charge is 2.52. The van der Waals surface area contributed by atoms with Crippen LogP contribution in [0, 0.1) is 11.8 Å². The summed E-state index contributed by atoms with van der Waals surface area (Å²) in [7, 11) is 0. The fourth-order valence-electron chi connectivity index (χ4n) is 4.86. The number of aliphatic carboxylic acids is 1. The summed E-state index contributed by atoms with van der Waals surface area (Å²) in [5.74, 6) is 1.10. The molecule has 0 aromatic heterocycles. The van der Waals surface area contributed by atoms with E-state index in [1.807, 2.05) is 92.7 Å². The molecule has 0 saturated carbocycles. The van der Waals surface area contributed by atoms with E-state index in [9.17, 15) is 9.90 Å². The molecular formula is C28H28O6. The van der Waals surface area contributed by atoms with Gasteiger partial charge in [-0.3, -0.25) is 4.79 Å². The second-order valence-corrected chi connectivity index (χ2v) is 9.33. The fraction of sp³-hybridized carbons (Fsp3) is 0.321. The number of ether oxygens (including phenoxy) is 4. The standard InChI is InChI=1S/C28H28O6/c1-28(2)23-16-22(27(29)30)25(17-31-18-9-5-3-6-10-18)33-26(23)21-15-20(13-14-24(21)34-28)32-19-11-7-4-8-12-19/h3-15,22-23,25-26H,16-17H2,1-2H3,(H,29,30)/t22-,23-,25-,26+/m0/s1. The van der Waals surface area contributed by atoms with Gasteiger partial charge in [-0.15, -0.1) is 0 Å². The Bertz CT molecular complexity index is 1140. The van der Waals surface area contributed by atoms with Crippen LogP contribution >= 0.6 is 0 Å². The van der Waals surface area contributed by atoms with Crippen molar-refractivity contribution >= 4 is 5.97 Å². The molecule has 1 saturated heterocycles. The molecule has 0 radical (unpaired) electrons. The normalized spacial score (nSPS) is 24.8. The number of carboxylic acids is 1. The van der Waals surface area contributed by atoms with Gasteiger partial charge < -0.3 is 24.1 Å². The molecule has 0 aliphatic carbocycles. The molecule has 0 spiro atoms. The summed E-state index contributed by atoms with van der Waals surface area (Å²) in [5, 5.41) is 9.97. The Morgan fingerprint density at radius 3 is 2.32 bits per heavy atom. The van der Waals surface area contributed by atoms with E-state index in [2.05, 4.69) is 0 Å². The molecule has 0 unspecified atom stereocenters. The third-order valence-electron chi connectivity index (χ3n) is 6.65. The number of para-hydroxylation sites is 2. The molecule has 0 bridgehead atoms. The Morgan fingerprint density at radius 1 is 0.971 bits per heavy atom. The van der Waals surface area contributed by atoms with Gasteiger partial charge in [-0.05, 0) is 62.7 Å². The first-order valence-corrected chi connectivity index (χ1v) is 11.5. The zero-order chi connectivity index (χ0) is 23.7. The average Bonchev–Trinajstić information content (AvgIpc) is 2.84. The molecule has 1 N–H and O–H groups in total. The van der Waals surface area contributed by atoms with Crippen LogP contribution in [-0.2, 0) is 9.53 Å². The van der Waals surface area contributed by atoms with Crippen LogP contribution in [0.2, 0.25) is 0 Å². The quantitative estimate of drug-likeness (QED) is 0.495. The number of carbonyl (C=O) groups is 1. The summed E-state index contributed by atoms with van der Waals surface area (Å²) < 4.78 is 24.8. The van der Waals surface area contributed by atoms with Crippen molar-refractivity contribution < 1.29 is 28.8 Å². The molecule has 4 atom stereocenters. The minimum absolute atomic E-state index is 0.138. The molecule has 176 valence electrons. The van der Waals surface area contributed by atoms with E-state index >= 15 is 0 Å². The van der Waals surface area contributed by atoms with E-state index in [-0.39, 0.29) is 18.6 Å². The predicted octanol–water partition coefficient (Wildman–Crippen LogP) is 5.88. The van der Waals surface area contributed by atoms with Crippen LogP contribution in [0.5, 0.6) is 23.0 Å². The summed E-state index contributed by atoms with van der Waals surface area (Å²) >= 11 is 0. The molecule has 1 fully saturated rings. The first-order valence-electron chi connectivity index (χ1n) is 11.5. The Balaban J connectivity index is 1.44. The highest BCUT2D eigenvalue weighted by atomic mass is 16.6. The van der Waals surface area contributed by atoms with Crippen LogP contribution in [0.4, 0.5) is 0 Å². The van der Waals surface area contributed by atoms with Crippen molar-refractivity contribution in [2.75, 3.05) is 6.61 Å². The van der Waals surface area contributed by atoms with Gasteiger partial charge in [0, 0.05) is 11.5 Å². The number of fused-ring (bicyclic) bond motifs is 3. The van der Waals surface area contributed by atoms with Gasteiger partial charge >= 0.3 is 5.97 Å². The lowest BCUT2D eigenvalue weighted by Gasteiger charge is -2.50. The van der Waals surface area contributed by atoms with E-state index < -0.39 is 23.6 Å². The van der Waals surface area contributed by atoms with Gasteiger partial charge in [-0.2, -0.15) is 0 Å². The summed E-state index contributed by atoms with van der Waals surface area (Å²) in [6.45, 7) is 4.14. The Morgan fingerprint density at radius 2 is 1.65 bits per heavy atom. The molecule has 5 rings (SSSR count). The highest BCUT2D eigenvalue weighted by Crippen LogP contribution is 2.52. The van der Waals surface area contributed by atoms with Crippen molar-refractivity contribution in [3.63, 3.8) is 0 Å². The third-order valence-corrected chi connectivity index (χ3v) is 6.65. The fourth-order valence-corrected chi connectivity index (χ4v) is 4.86. The van der Waals surface area contributed by atoms with Crippen LogP contribution in [0.3, 0.4) is 0 Å². The molecular weight excluding hydrogens is 432 g/mol. The average molecular weight is 461 g/mol. The largest absolute Gasteiger partial charge is 0.491 e. The molecule has 2 aliphatic rings. The van der Waals surface area contributed by atoms with Gasteiger partial charge in [0.15, 0.2) is 0 Å². The monoisotopic (exact) mass is 460 g/mol. The van der Waals surface area contributed by atoms with Crippen molar-refractivity contribution in [3.8, 4) is 23.0 Å². The SMILES string of the molecule is CC1(C)Oc2ccc(Oc3ccccc3)cc2[C@H]2O[C@@H](COc3ccccc3)[C@@H](C(=O)O)C[C@@H]21. The first kappa shape index (κ1) is 22.3. The third kappa shape index (κ3) is 4.46. The number of hydrogen-bond donors (Lipinski definition) is 1. The van der Waals surface area contributed by atoms with Gasteiger partial charge in [0.05, 0.1) is 12.0 Å². The van der Waals surface area contributed by atoms with E-state index in [1.165, 1.54) is 0 Å². The molecule has 6 heteroatoms. The maximum Gasteiger partial charge on any atom is 0.309 e. The maximum absolute atomic E-state index is 12.2. The van der Waals surface area contributed by atoms with E-state index in [1.54, 1.807) is 0 Å². The van der Waals surface area contributed by atoms with E-state index in [4.69, 9.17) is 18.9 Å². The van der Waals surface area contributed by atoms with Crippen LogP contribution in [-0.4, -0.2) is 29.4 Å². The Hall–Kier alpha value is -3.51. The van der Waals surface area contributed by atoms with Crippen molar-refractivity contribution in [2.45, 2.75) is 38.1 Å². The van der Waals surface area contributed by atoms with Crippen molar-refractivity contribution in [2.24, 2.45) is 11.8 Å². The zero-order valence-electron chi connectivity index (χ0n) is 19.2. The Kier molecular flexibility index (Phi) is 5.92. The van der Waals surface area contributed by atoms with Crippen molar-refractivity contribution in [1.29, 1.82) is 0 Å². The molecule has 3 aromatic carbocycles. The van der Waals surface area contributed by atoms with Gasteiger partial charge in [0.25, 0.3) is 0 Å². The lowest BCUT2D eigenvalue weighted by molar-refractivity contribution is -0.192. The summed E-state index contributed by atoms with van der Waals surface area (Å²) in [4.78, 5) is 12.2. The summed E-state index contributed by atoms with van der Waals surface area (Å²) in [6.07, 6.45) is -0.503. The van der Waals surface area contributed by atoms with Gasteiger partial charge in [-0.25, -0.2) is 0 Å². The topological polar surface area (TPSA) is 74.2 Å². The van der Waals surface area contributed by atoms with Crippen LogP contribution in [0.15, 0.2) is 78.9 Å². The van der Waals surface area contributed by atoms with Crippen molar-refractivity contribution in [3.05, 3.63) is 84.4 Å². The zero-order valence-corrected chi connectivity index (χ0v) is 19.2.